The van der Waals surface area contributed by atoms with E-state index in [2.05, 4.69) is 35.7 Å². The summed E-state index contributed by atoms with van der Waals surface area (Å²) in [6.07, 6.45) is -4.78. The zero-order valence-electron chi connectivity index (χ0n) is 21.6. The van der Waals surface area contributed by atoms with Crippen LogP contribution in [-0.2, 0) is 12.7 Å². The van der Waals surface area contributed by atoms with E-state index in [-0.39, 0.29) is 29.6 Å². The molecule has 0 unspecified atom stereocenters. The average molecular weight is 549 g/mol. The maximum atomic E-state index is 13.9. The fraction of sp³-hybridized carbons (Fsp3) is 0.179. The van der Waals surface area contributed by atoms with E-state index in [9.17, 15) is 18.0 Å². The molecule has 9 nitrogen and oxygen atoms in total. The lowest BCUT2D eigenvalue weighted by Crippen LogP contribution is -3.04. The zero-order chi connectivity index (χ0) is 28.2. The van der Waals surface area contributed by atoms with Crippen LogP contribution in [-0.4, -0.2) is 41.6 Å². The minimum absolute atomic E-state index is 0.0775. The number of nitrogens with zero attached hydrogens (tertiary/aromatic N) is 4. The van der Waals surface area contributed by atoms with Crippen LogP contribution in [0.2, 0.25) is 0 Å². The predicted molar refractivity (Wildman–Crippen MR) is 144 cm³/mol. The molecule has 0 saturated carbocycles. The van der Waals surface area contributed by atoms with Crippen molar-refractivity contribution < 1.29 is 27.4 Å². The number of fused-ring (bicyclic) bond motifs is 2. The maximum absolute atomic E-state index is 13.9. The Morgan fingerprint density at radius 2 is 1.77 bits per heavy atom. The summed E-state index contributed by atoms with van der Waals surface area (Å²) < 4.78 is 47.9. The van der Waals surface area contributed by atoms with Crippen molar-refractivity contribution in [1.29, 1.82) is 0 Å². The Morgan fingerprint density at radius 1 is 1.05 bits per heavy atom. The van der Waals surface area contributed by atoms with Gasteiger partial charge in [0.1, 0.15) is 12.2 Å². The number of alkyl halides is 3. The van der Waals surface area contributed by atoms with Gasteiger partial charge in [-0.2, -0.15) is 18.3 Å². The second kappa shape index (κ2) is 9.42. The molecule has 204 valence electrons. The largest absolute Gasteiger partial charge is 0.437 e. The van der Waals surface area contributed by atoms with Gasteiger partial charge >= 0.3 is 6.18 Å². The lowest BCUT2D eigenvalue weighted by atomic mass is 9.99. The highest BCUT2D eigenvalue weighted by Crippen LogP contribution is 2.40. The molecule has 40 heavy (non-hydrogen) atoms. The monoisotopic (exact) mass is 548 g/mol. The second-order valence-electron chi connectivity index (χ2n) is 9.89. The standard InChI is InChI=1S/C28H24F3N7O2/c1-36(2)14-17-5-3-4-6-20(17)16-7-9-18(10-8-16)37-15-33-23-24(27(37)39)38(34-25(23)28(29,30)31)19-11-12-22-21(13-19)26(32)35-40-22/h3-13,33H,14-15H2,1-2H3,(H2,32,35)/p+1. The maximum Gasteiger partial charge on any atom is 0.437 e. The SMILES string of the molecule is C[NH+](C)Cc1ccccc1-c1ccc(N2CNc3c(C(F)(F)F)nn(-c4ccc5onc(N)c5c4)c3C2=O)cc1. The molecule has 2 aromatic heterocycles. The van der Waals surface area contributed by atoms with Crippen molar-refractivity contribution in [2.24, 2.45) is 0 Å². The van der Waals surface area contributed by atoms with Crippen molar-refractivity contribution in [2.45, 2.75) is 12.7 Å². The van der Waals surface area contributed by atoms with E-state index < -0.39 is 17.8 Å². The van der Waals surface area contributed by atoms with Gasteiger partial charge in [0, 0.05) is 11.3 Å². The Labute approximate surface area is 226 Å². The number of anilines is 3. The number of hydrogen-bond donors (Lipinski definition) is 3. The van der Waals surface area contributed by atoms with Crippen LogP contribution in [0.25, 0.3) is 27.8 Å². The van der Waals surface area contributed by atoms with Gasteiger partial charge in [-0.25, -0.2) is 4.68 Å². The molecule has 1 amide bonds. The molecule has 0 aliphatic carbocycles. The van der Waals surface area contributed by atoms with E-state index in [4.69, 9.17) is 10.3 Å². The van der Waals surface area contributed by atoms with Crippen LogP contribution in [0.15, 0.2) is 71.3 Å². The molecule has 3 heterocycles. The molecule has 0 radical (unpaired) electrons. The number of halogens is 3. The van der Waals surface area contributed by atoms with Gasteiger partial charge in [0.05, 0.1) is 31.8 Å². The molecular weight excluding hydrogens is 523 g/mol. The highest BCUT2D eigenvalue weighted by atomic mass is 19.4. The third-order valence-electron chi connectivity index (χ3n) is 6.79. The number of quaternary nitrogens is 1. The Balaban J connectivity index is 1.39. The zero-order valence-corrected chi connectivity index (χ0v) is 21.6. The fourth-order valence-electron chi connectivity index (χ4n) is 4.97. The number of aromatic nitrogens is 3. The minimum Gasteiger partial charge on any atom is -0.380 e. The van der Waals surface area contributed by atoms with Crippen molar-refractivity contribution in [3.05, 3.63) is 83.7 Å². The third kappa shape index (κ3) is 4.31. The van der Waals surface area contributed by atoms with Gasteiger partial charge in [-0.3, -0.25) is 9.69 Å². The lowest BCUT2D eigenvalue weighted by molar-refractivity contribution is -0.872. The molecule has 12 heteroatoms. The van der Waals surface area contributed by atoms with E-state index in [0.717, 1.165) is 22.4 Å². The second-order valence-corrected chi connectivity index (χ2v) is 9.89. The van der Waals surface area contributed by atoms with Gasteiger partial charge in [-0.05, 0) is 41.5 Å². The van der Waals surface area contributed by atoms with Crippen molar-refractivity contribution >= 4 is 34.1 Å². The number of nitrogens with one attached hydrogen (secondary N) is 2. The Hall–Kier alpha value is -4.84. The summed E-state index contributed by atoms with van der Waals surface area (Å²) in [5, 5.41) is 10.7. The van der Waals surface area contributed by atoms with Crippen LogP contribution >= 0.6 is 0 Å². The quantitative estimate of drug-likeness (QED) is 0.307. The van der Waals surface area contributed by atoms with Crippen molar-refractivity contribution in [1.82, 2.24) is 14.9 Å². The van der Waals surface area contributed by atoms with Crippen molar-refractivity contribution in [2.75, 3.05) is 36.7 Å². The summed E-state index contributed by atoms with van der Waals surface area (Å²) in [7, 11) is 4.16. The van der Waals surface area contributed by atoms with Crippen LogP contribution in [0.3, 0.4) is 0 Å². The van der Waals surface area contributed by atoms with Crippen LogP contribution in [0.1, 0.15) is 21.7 Å². The van der Waals surface area contributed by atoms with Crippen LogP contribution in [0, 0.1) is 0 Å². The van der Waals surface area contributed by atoms with E-state index in [1.165, 1.54) is 33.6 Å². The highest BCUT2D eigenvalue weighted by Gasteiger charge is 2.43. The number of nitrogens with two attached hydrogens (primary N) is 1. The van der Waals surface area contributed by atoms with E-state index in [1.54, 1.807) is 12.1 Å². The summed E-state index contributed by atoms with van der Waals surface area (Å²) in [6.45, 7) is 0.686. The average Bonchev–Trinajstić information content (AvgIpc) is 3.50. The summed E-state index contributed by atoms with van der Waals surface area (Å²) in [5.41, 5.74) is 8.40. The molecule has 0 saturated heterocycles. The third-order valence-corrected chi connectivity index (χ3v) is 6.79. The predicted octanol–water partition coefficient (Wildman–Crippen LogP) is 3.96. The van der Waals surface area contributed by atoms with Crippen LogP contribution < -0.4 is 20.9 Å². The summed E-state index contributed by atoms with van der Waals surface area (Å²) in [6, 6.07) is 20.0. The first-order valence-electron chi connectivity index (χ1n) is 12.5. The number of benzene rings is 3. The Morgan fingerprint density at radius 3 is 2.50 bits per heavy atom. The lowest BCUT2D eigenvalue weighted by Gasteiger charge is -2.29. The molecule has 1 aliphatic rings. The molecule has 6 rings (SSSR count). The molecule has 1 aliphatic heterocycles. The Bertz CT molecular complexity index is 1740. The number of nitrogen functional groups attached to an aromatic ring is 1. The minimum atomic E-state index is -4.78. The number of amides is 1. The van der Waals surface area contributed by atoms with Crippen LogP contribution in [0.5, 0.6) is 0 Å². The molecule has 0 fully saturated rings. The smallest absolute Gasteiger partial charge is 0.380 e. The normalized spacial score (nSPS) is 13.7. The van der Waals surface area contributed by atoms with E-state index in [0.29, 0.717) is 16.7 Å². The summed E-state index contributed by atoms with van der Waals surface area (Å²) in [4.78, 5) is 16.4. The summed E-state index contributed by atoms with van der Waals surface area (Å²) >= 11 is 0. The molecule has 4 N–H and O–H groups in total. The molecular formula is C28H25F3N7O2+. The van der Waals surface area contributed by atoms with Gasteiger partial charge < -0.3 is 20.5 Å². The molecule has 0 bridgehead atoms. The first kappa shape index (κ1) is 25.4. The van der Waals surface area contributed by atoms with Gasteiger partial charge in [0.15, 0.2) is 22.8 Å². The topological polar surface area (TPSA) is 107 Å². The highest BCUT2D eigenvalue weighted by molar-refractivity contribution is 6.11. The Kier molecular flexibility index (Phi) is 5.99. The van der Waals surface area contributed by atoms with E-state index >= 15 is 0 Å². The number of carbonyl (C=O) groups is 1. The van der Waals surface area contributed by atoms with Crippen molar-refractivity contribution in [3.8, 4) is 16.8 Å². The molecule has 0 atom stereocenters. The first-order chi connectivity index (χ1) is 19.1. The number of hydrogen-bond acceptors (Lipinski definition) is 6. The molecule has 5 aromatic rings. The van der Waals surface area contributed by atoms with Crippen LogP contribution in [0.4, 0.5) is 30.4 Å². The van der Waals surface area contributed by atoms with E-state index in [1.807, 2.05) is 30.3 Å². The number of rotatable bonds is 5. The van der Waals surface area contributed by atoms with Crippen molar-refractivity contribution in [3.63, 3.8) is 0 Å². The van der Waals surface area contributed by atoms with Gasteiger partial charge in [0.2, 0.25) is 0 Å². The summed E-state index contributed by atoms with van der Waals surface area (Å²) in [5.74, 6) is -0.548. The van der Waals surface area contributed by atoms with Gasteiger partial charge in [0.25, 0.3) is 5.91 Å². The van der Waals surface area contributed by atoms with Gasteiger partial charge in [-0.15, -0.1) is 0 Å². The number of carbonyl (C=O) groups excluding carboxylic acids is 1. The first-order valence-corrected chi connectivity index (χ1v) is 12.5. The fourth-order valence-corrected chi connectivity index (χ4v) is 4.97. The molecule has 0 spiro atoms. The molecule has 3 aromatic carbocycles. The van der Waals surface area contributed by atoms with Gasteiger partial charge in [-0.1, -0.05) is 41.6 Å².